The zero-order valence-electron chi connectivity index (χ0n) is 10.2. The molecular weight excluding hydrogens is 255 g/mol. The number of hydrogen-bond donors (Lipinski definition) is 1. The topological polar surface area (TPSA) is 77.5 Å². The summed E-state index contributed by atoms with van der Waals surface area (Å²) in [6.45, 7) is -0.0478. The molecule has 0 aliphatic rings. The van der Waals surface area contributed by atoms with Crippen LogP contribution < -0.4 is 5.76 Å². The minimum atomic E-state index is -1.05. The first-order valence-corrected chi connectivity index (χ1v) is 5.59. The lowest BCUT2D eigenvalue weighted by atomic mass is 10.1. The van der Waals surface area contributed by atoms with Crippen molar-refractivity contribution in [2.45, 2.75) is 19.3 Å². The lowest BCUT2D eigenvalue weighted by Crippen LogP contribution is -2.20. The summed E-state index contributed by atoms with van der Waals surface area (Å²) in [6, 6.07) is 5.52. The highest BCUT2D eigenvalue weighted by molar-refractivity contribution is 5.18. The molecule has 0 amide bonds. The Hall–Kier alpha value is -1.99. The number of aliphatic hydroxyl groups is 1. The molecule has 19 heavy (non-hydrogen) atoms. The molecular formula is C12H13FN2O4. The van der Waals surface area contributed by atoms with Crippen LogP contribution in [0.4, 0.5) is 4.39 Å². The van der Waals surface area contributed by atoms with Crippen LogP contribution in [0.2, 0.25) is 0 Å². The molecule has 7 heteroatoms. The van der Waals surface area contributed by atoms with Crippen LogP contribution in [-0.4, -0.2) is 22.0 Å². The summed E-state index contributed by atoms with van der Waals surface area (Å²) in [5.41, 5.74) is 0.364. The van der Waals surface area contributed by atoms with E-state index in [1.54, 1.807) is 6.07 Å². The molecule has 0 saturated carbocycles. The summed E-state index contributed by atoms with van der Waals surface area (Å²) >= 11 is 0. The highest BCUT2D eigenvalue weighted by atomic mass is 19.1. The van der Waals surface area contributed by atoms with Gasteiger partial charge in [0.25, 0.3) is 0 Å². The van der Waals surface area contributed by atoms with Gasteiger partial charge in [-0.25, -0.2) is 9.18 Å². The van der Waals surface area contributed by atoms with E-state index in [-0.39, 0.29) is 19.0 Å². The molecule has 6 nitrogen and oxygen atoms in total. The molecule has 1 aromatic carbocycles. The van der Waals surface area contributed by atoms with Crippen LogP contribution in [0, 0.1) is 5.82 Å². The van der Waals surface area contributed by atoms with Crippen molar-refractivity contribution >= 4 is 0 Å². The summed E-state index contributed by atoms with van der Waals surface area (Å²) in [5, 5.41) is 13.8. The van der Waals surface area contributed by atoms with Gasteiger partial charge in [-0.05, 0) is 17.7 Å². The van der Waals surface area contributed by atoms with Gasteiger partial charge in [0.2, 0.25) is 5.89 Å². The van der Waals surface area contributed by atoms with E-state index in [1.807, 2.05) is 0 Å². The second kappa shape index (κ2) is 5.77. The summed E-state index contributed by atoms with van der Waals surface area (Å²) < 4.78 is 23.6. The third kappa shape index (κ3) is 3.27. The van der Waals surface area contributed by atoms with Crippen LogP contribution in [0.3, 0.4) is 0 Å². The first kappa shape index (κ1) is 13.4. The SMILES string of the molecule is COCc1nn(CC(O)c2cccc(F)c2)c(=O)o1. The first-order valence-electron chi connectivity index (χ1n) is 5.59. The third-order valence-electron chi connectivity index (χ3n) is 2.50. The molecule has 1 atom stereocenters. The predicted molar refractivity (Wildman–Crippen MR) is 62.8 cm³/mol. The van der Waals surface area contributed by atoms with Crippen molar-refractivity contribution < 1.29 is 18.7 Å². The predicted octanol–water partition coefficient (Wildman–Crippen LogP) is 0.855. The summed E-state index contributed by atoms with van der Waals surface area (Å²) in [5.74, 6) is -1.02. The number of ether oxygens (including phenoxy) is 1. The standard InChI is InChI=1S/C12H13FN2O4/c1-18-7-11-14-15(12(17)19-11)6-10(16)8-3-2-4-9(13)5-8/h2-5,10,16H,6-7H2,1H3. The number of hydrogen-bond acceptors (Lipinski definition) is 5. The van der Waals surface area contributed by atoms with Crippen LogP contribution in [0.25, 0.3) is 0 Å². The van der Waals surface area contributed by atoms with E-state index >= 15 is 0 Å². The lowest BCUT2D eigenvalue weighted by Gasteiger charge is -2.09. The minimum Gasteiger partial charge on any atom is -0.390 e. The summed E-state index contributed by atoms with van der Waals surface area (Å²) in [7, 11) is 1.45. The van der Waals surface area contributed by atoms with Crippen molar-refractivity contribution in [3.63, 3.8) is 0 Å². The first-order chi connectivity index (χ1) is 9.10. The van der Waals surface area contributed by atoms with Gasteiger partial charge in [-0.15, -0.1) is 5.10 Å². The Morgan fingerprint density at radius 1 is 1.58 bits per heavy atom. The Bertz CT molecular complexity index is 608. The second-order valence-corrected chi connectivity index (χ2v) is 3.95. The highest BCUT2D eigenvalue weighted by Crippen LogP contribution is 2.15. The van der Waals surface area contributed by atoms with Gasteiger partial charge in [0, 0.05) is 7.11 Å². The fourth-order valence-corrected chi connectivity index (χ4v) is 1.63. The van der Waals surface area contributed by atoms with E-state index < -0.39 is 17.7 Å². The lowest BCUT2D eigenvalue weighted by molar-refractivity contribution is 0.147. The Morgan fingerprint density at radius 2 is 2.37 bits per heavy atom. The van der Waals surface area contributed by atoms with Gasteiger partial charge in [0.1, 0.15) is 12.4 Å². The van der Waals surface area contributed by atoms with Crippen molar-refractivity contribution in [1.29, 1.82) is 0 Å². The number of halogens is 1. The maximum absolute atomic E-state index is 13.0. The van der Waals surface area contributed by atoms with Crippen LogP contribution in [0.15, 0.2) is 33.5 Å². The van der Waals surface area contributed by atoms with Crippen LogP contribution in [-0.2, 0) is 17.9 Å². The molecule has 0 fully saturated rings. The van der Waals surface area contributed by atoms with Gasteiger partial charge >= 0.3 is 5.76 Å². The van der Waals surface area contributed by atoms with Gasteiger partial charge in [-0.3, -0.25) is 0 Å². The molecule has 0 aliphatic heterocycles. The number of nitrogens with zero attached hydrogens (tertiary/aromatic N) is 2. The molecule has 1 heterocycles. The average Bonchev–Trinajstić information content (AvgIpc) is 2.70. The normalized spacial score (nSPS) is 12.6. The Labute approximate surface area is 108 Å². The van der Waals surface area contributed by atoms with E-state index in [1.165, 1.54) is 25.3 Å². The molecule has 2 aromatic rings. The highest BCUT2D eigenvalue weighted by Gasteiger charge is 2.14. The van der Waals surface area contributed by atoms with Gasteiger partial charge in [0.15, 0.2) is 0 Å². The number of rotatable bonds is 5. The number of benzene rings is 1. The van der Waals surface area contributed by atoms with Crippen molar-refractivity contribution in [2.24, 2.45) is 0 Å². The molecule has 0 spiro atoms. The van der Waals surface area contributed by atoms with Crippen molar-refractivity contribution in [1.82, 2.24) is 9.78 Å². The smallest absolute Gasteiger partial charge is 0.390 e. The second-order valence-electron chi connectivity index (χ2n) is 3.95. The zero-order valence-corrected chi connectivity index (χ0v) is 10.2. The number of aliphatic hydroxyl groups excluding tert-OH is 1. The minimum absolute atomic E-state index is 0.0678. The molecule has 1 unspecified atom stereocenters. The van der Waals surface area contributed by atoms with Crippen LogP contribution in [0.5, 0.6) is 0 Å². The molecule has 0 saturated heterocycles. The fourth-order valence-electron chi connectivity index (χ4n) is 1.63. The van der Waals surface area contributed by atoms with Crippen molar-refractivity contribution in [2.75, 3.05) is 7.11 Å². The molecule has 1 aromatic heterocycles. The summed E-state index contributed by atoms with van der Waals surface area (Å²) in [6.07, 6.45) is -1.05. The summed E-state index contributed by atoms with van der Waals surface area (Å²) in [4.78, 5) is 11.4. The zero-order chi connectivity index (χ0) is 13.8. The van der Waals surface area contributed by atoms with Crippen LogP contribution >= 0.6 is 0 Å². The van der Waals surface area contributed by atoms with Gasteiger partial charge < -0.3 is 14.3 Å². The maximum Gasteiger partial charge on any atom is 0.437 e. The van der Waals surface area contributed by atoms with E-state index in [4.69, 9.17) is 9.15 Å². The van der Waals surface area contributed by atoms with Crippen LogP contribution in [0.1, 0.15) is 17.6 Å². The molecule has 0 radical (unpaired) electrons. The molecule has 0 bridgehead atoms. The fraction of sp³-hybridized carbons (Fsp3) is 0.333. The van der Waals surface area contributed by atoms with Gasteiger partial charge in [-0.2, -0.15) is 4.68 Å². The quantitative estimate of drug-likeness (QED) is 0.870. The Kier molecular flexibility index (Phi) is 4.08. The van der Waals surface area contributed by atoms with E-state index in [2.05, 4.69) is 5.10 Å². The third-order valence-corrected chi connectivity index (χ3v) is 2.50. The number of aromatic nitrogens is 2. The molecule has 2 rings (SSSR count). The van der Waals surface area contributed by atoms with E-state index in [9.17, 15) is 14.3 Å². The largest absolute Gasteiger partial charge is 0.437 e. The Morgan fingerprint density at radius 3 is 3.05 bits per heavy atom. The maximum atomic E-state index is 13.0. The Balaban J connectivity index is 2.14. The van der Waals surface area contributed by atoms with E-state index in [0.717, 1.165) is 4.68 Å². The van der Waals surface area contributed by atoms with Crippen molar-refractivity contribution in [3.05, 3.63) is 52.1 Å². The van der Waals surface area contributed by atoms with E-state index in [0.29, 0.717) is 5.56 Å². The average molecular weight is 268 g/mol. The monoisotopic (exact) mass is 268 g/mol. The molecule has 102 valence electrons. The molecule has 1 N–H and O–H groups in total. The van der Waals surface area contributed by atoms with Crippen molar-refractivity contribution in [3.8, 4) is 0 Å². The number of methoxy groups -OCH3 is 1. The van der Waals surface area contributed by atoms with Gasteiger partial charge in [-0.1, -0.05) is 12.1 Å². The van der Waals surface area contributed by atoms with Gasteiger partial charge in [0.05, 0.1) is 12.6 Å². The molecule has 0 aliphatic carbocycles.